The van der Waals surface area contributed by atoms with Crippen LogP contribution in [0.3, 0.4) is 0 Å². The van der Waals surface area contributed by atoms with E-state index in [9.17, 15) is 21.6 Å². The Morgan fingerprint density at radius 3 is 2.48 bits per heavy atom. The monoisotopic (exact) mass is 442 g/mol. The minimum absolute atomic E-state index is 0.0811. The third-order valence-electron chi connectivity index (χ3n) is 3.76. The summed E-state index contributed by atoms with van der Waals surface area (Å²) in [5.41, 5.74) is -0.299. The molecule has 0 radical (unpaired) electrons. The summed E-state index contributed by atoms with van der Waals surface area (Å²) in [6.45, 7) is 0.163. The molecule has 1 heterocycles. The highest BCUT2D eigenvalue weighted by molar-refractivity contribution is 7.92. The van der Waals surface area contributed by atoms with Gasteiger partial charge in [-0.05, 0) is 48.5 Å². The largest absolute Gasteiger partial charge is 0.486 e. The predicted octanol–water partition coefficient (Wildman–Crippen LogP) is 5.13. The fraction of sp³-hybridized carbons (Fsp3) is 0.105. The van der Waals surface area contributed by atoms with Crippen molar-refractivity contribution in [2.24, 2.45) is 0 Å². The van der Waals surface area contributed by atoms with Crippen LogP contribution in [0.1, 0.15) is 11.3 Å². The van der Waals surface area contributed by atoms with E-state index < -0.39 is 26.7 Å². The average molecular weight is 443 g/mol. The molecule has 0 bridgehead atoms. The number of nitrogens with one attached hydrogen (secondary N) is 1. The molecule has 3 rings (SSSR count). The summed E-state index contributed by atoms with van der Waals surface area (Å²) >= 11 is 6.13. The molecule has 3 aromatic rings. The Bertz CT molecular complexity index is 1110. The number of benzene rings is 2. The van der Waals surface area contributed by atoms with E-state index in [-0.39, 0.29) is 17.3 Å². The van der Waals surface area contributed by atoms with Crippen LogP contribution < -0.4 is 9.46 Å². The first-order valence-electron chi connectivity index (χ1n) is 8.17. The Labute approximate surface area is 170 Å². The van der Waals surface area contributed by atoms with Gasteiger partial charge in [0.25, 0.3) is 10.0 Å². The minimum Gasteiger partial charge on any atom is -0.486 e. The molecule has 0 amide bonds. The SMILES string of the molecule is O=S(=O)(Nc1ccc(OCc2ccccn2)c(Cl)c1)c1cccc(C(F)(F)F)c1. The molecule has 1 N–H and O–H groups in total. The molecule has 0 fully saturated rings. The average Bonchev–Trinajstić information content (AvgIpc) is 2.67. The smallest absolute Gasteiger partial charge is 0.416 e. The van der Waals surface area contributed by atoms with Gasteiger partial charge in [0, 0.05) is 6.20 Å². The van der Waals surface area contributed by atoms with E-state index in [2.05, 4.69) is 9.71 Å². The van der Waals surface area contributed by atoms with Gasteiger partial charge in [-0.25, -0.2) is 8.42 Å². The van der Waals surface area contributed by atoms with Crippen molar-refractivity contribution >= 4 is 27.3 Å². The quantitative estimate of drug-likeness (QED) is 0.574. The molecule has 0 aliphatic carbocycles. The maximum atomic E-state index is 12.8. The van der Waals surface area contributed by atoms with Crippen molar-refractivity contribution in [3.63, 3.8) is 0 Å². The number of pyridine rings is 1. The van der Waals surface area contributed by atoms with Gasteiger partial charge in [-0.2, -0.15) is 13.2 Å². The molecule has 10 heteroatoms. The Morgan fingerprint density at radius 2 is 1.83 bits per heavy atom. The number of hydrogen-bond donors (Lipinski definition) is 1. The molecule has 0 saturated heterocycles. The molecule has 0 atom stereocenters. The van der Waals surface area contributed by atoms with Crippen molar-refractivity contribution in [3.8, 4) is 5.75 Å². The lowest BCUT2D eigenvalue weighted by molar-refractivity contribution is -0.137. The minimum atomic E-state index is -4.65. The summed E-state index contributed by atoms with van der Waals surface area (Å²) < 4.78 is 71.1. The molecular weight excluding hydrogens is 429 g/mol. The fourth-order valence-corrected chi connectivity index (χ4v) is 3.70. The lowest BCUT2D eigenvalue weighted by Gasteiger charge is -2.13. The van der Waals surface area contributed by atoms with Gasteiger partial charge in [0.15, 0.2) is 0 Å². The lowest BCUT2D eigenvalue weighted by Crippen LogP contribution is -2.14. The van der Waals surface area contributed by atoms with E-state index in [1.54, 1.807) is 24.4 Å². The van der Waals surface area contributed by atoms with Gasteiger partial charge in [0.1, 0.15) is 12.4 Å². The number of alkyl halides is 3. The molecule has 29 heavy (non-hydrogen) atoms. The van der Waals surface area contributed by atoms with Crippen molar-refractivity contribution in [1.82, 2.24) is 4.98 Å². The number of sulfonamides is 1. The van der Waals surface area contributed by atoms with Crippen LogP contribution in [0.15, 0.2) is 71.8 Å². The van der Waals surface area contributed by atoms with E-state index in [0.717, 1.165) is 18.2 Å². The summed E-state index contributed by atoms with van der Waals surface area (Å²) in [6.07, 6.45) is -3.03. The van der Waals surface area contributed by atoms with Gasteiger partial charge in [-0.15, -0.1) is 0 Å². The topological polar surface area (TPSA) is 68.3 Å². The van der Waals surface area contributed by atoms with Crippen LogP contribution in [0.5, 0.6) is 5.75 Å². The normalized spacial score (nSPS) is 11.9. The number of aromatic nitrogens is 1. The van der Waals surface area contributed by atoms with Gasteiger partial charge < -0.3 is 4.74 Å². The van der Waals surface area contributed by atoms with E-state index in [0.29, 0.717) is 17.5 Å². The molecule has 1 aromatic heterocycles. The maximum Gasteiger partial charge on any atom is 0.416 e. The van der Waals surface area contributed by atoms with Gasteiger partial charge >= 0.3 is 6.18 Å². The molecule has 0 aliphatic heterocycles. The number of ether oxygens (including phenoxy) is 1. The Morgan fingerprint density at radius 1 is 1.03 bits per heavy atom. The molecule has 0 spiro atoms. The standard InChI is InChI=1S/C19H14ClF3N2O3S/c20-17-11-14(7-8-18(17)28-12-15-5-1-2-9-24-15)25-29(26,27)16-6-3-4-13(10-16)19(21,22)23/h1-11,25H,12H2. The van der Waals surface area contributed by atoms with Crippen LogP contribution in [0.4, 0.5) is 18.9 Å². The van der Waals surface area contributed by atoms with Crippen LogP contribution in [0.2, 0.25) is 5.02 Å². The van der Waals surface area contributed by atoms with Crippen molar-refractivity contribution in [1.29, 1.82) is 0 Å². The van der Waals surface area contributed by atoms with E-state index in [4.69, 9.17) is 16.3 Å². The molecule has 152 valence electrons. The molecule has 0 saturated carbocycles. The molecule has 2 aromatic carbocycles. The van der Waals surface area contributed by atoms with E-state index >= 15 is 0 Å². The first-order valence-corrected chi connectivity index (χ1v) is 10.0. The number of hydrogen-bond acceptors (Lipinski definition) is 4. The zero-order chi connectivity index (χ0) is 21.1. The van der Waals surface area contributed by atoms with Crippen molar-refractivity contribution in [3.05, 3.63) is 83.1 Å². The second-order valence-corrected chi connectivity index (χ2v) is 7.98. The van der Waals surface area contributed by atoms with Gasteiger partial charge in [-0.1, -0.05) is 23.7 Å². The molecule has 5 nitrogen and oxygen atoms in total. The van der Waals surface area contributed by atoms with Gasteiger partial charge in [-0.3, -0.25) is 9.71 Å². The number of anilines is 1. The van der Waals surface area contributed by atoms with E-state index in [1.807, 2.05) is 0 Å². The van der Waals surface area contributed by atoms with Crippen molar-refractivity contribution in [2.45, 2.75) is 17.7 Å². The predicted molar refractivity (Wildman–Crippen MR) is 102 cm³/mol. The van der Waals surface area contributed by atoms with Gasteiger partial charge in [0.2, 0.25) is 0 Å². The summed E-state index contributed by atoms with van der Waals surface area (Å²) in [5, 5.41) is 0.130. The highest BCUT2D eigenvalue weighted by atomic mass is 35.5. The van der Waals surface area contributed by atoms with Crippen LogP contribution in [0.25, 0.3) is 0 Å². The molecule has 0 unspecified atom stereocenters. The summed E-state index contributed by atoms with van der Waals surface area (Å²) in [4.78, 5) is 3.59. The summed E-state index contributed by atoms with van der Waals surface area (Å²) in [5.74, 6) is 0.305. The highest BCUT2D eigenvalue weighted by Gasteiger charge is 2.31. The number of halogens is 4. The first kappa shape index (κ1) is 20.9. The zero-order valence-corrected chi connectivity index (χ0v) is 16.2. The summed E-state index contributed by atoms with van der Waals surface area (Å²) in [6, 6.07) is 13.0. The van der Waals surface area contributed by atoms with Crippen molar-refractivity contribution in [2.75, 3.05) is 4.72 Å². The third-order valence-corrected chi connectivity index (χ3v) is 5.43. The Balaban J connectivity index is 1.75. The second kappa shape index (κ2) is 8.30. The maximum absolute atomic E-state index is 12.8. The second-order valence-electron chi connectivity index (χ2n) is 5.89. The van der Waals surface area contributed by atoms with Crippen LogP contribution in [-0.2, 0) is 22.8 Å². The number of nitrogens with zero attached hydrogens (tertiary/aromatic N) is 1. The first-order chi connectivity index (χ1) is 13.6. The number of rotatable bonds is 6. The third kappa shape index (κ3) is 5.39. The van der Waals surface area contributed by atoms with Crippen molar-refractivity contribution < 1.29 is 26.3 Å². The van der Waals surface area contributed by atoms with Crippen LogP contribution >= 0.6 is 11.6 Å². The fourth-order valence-electron chi connectivity index (χ4n) is 2.37. The Kier molecular flexibility index (Phi) is 5.99. The molecule has 0 aliphatic rings. The van der Waals surface area contributed by atoms with E-state index in [1.165, 1.54) is 18.2 Å². The van der Waals surface area contributed by atoms with Crippen LogP contribution in [0, 0.1) is 0 Å². The zero-order valence-electron chi connectivity index (χ0n) is 14.7. The Hall–Kier alpha value is -2.78. The van der Waals surface area contributed by atoms with Gasteiger partial charge in [0.05, 0.1) is 26.9 Å². The lowest BCUT2D eigenvalue weighted by atomic mass is 10.2. The highest BCUT2D eigenvalue weighted by Crippen LogP contribution is 2.32. The summed E-state index contributed by atoms with van der Waals surface area (Å²) in [7, 11) is -4.24. The molecular formula is C19H14ClF3N2O3S. The van der Waals surface area contributed by atoms with Crippen LogP contribution in [-0.4, -0.2) is 13.4 Å².